The molecule has 0 radical (unpaired) electrons. The maximum atomic E-state index is 6.39. The standard InChI is InChI=1S/C20H28N6S/c21-18(25-11-13-26(14-12-25)19-22-9-5-10-23-19)24-16-20(7-2-1-3-8-20)17-6-4-15-27-17/h4-6,9-10,15H,1-3,7-8,11-14,16H2,(H2,21,24). The highest BCUT2D eigenvalue weighted by Crippen LogP contribution is 2.41. The highest BCUT2D eigenvalue weighted by Gasteiger charge is 2.35. The zero-order valence-electron chi connectivity index (χ0n) is 15.8. The van der Waals surface area contributed by atoms with E-state index in [9.17, 15) is 0 Å². The number of rotatable bonds is 4. The van der Waals surface area contributed by atoms with Crippen LogP contribution in [0.15, 0.2) is 41.0 Å². The Bertz CT molecular complexity index is 731. The van der Waals surface area contributed by atoms with Crippen molar-refractivity contribution in [3.63, 3.8) is 0 Å². The van der Waals surface area contributed by atoms with E-state index in [1.54, 1.807) is 12.4 Å². The van der Waals surface area contributed by atoms with E-state index in [0.717, 1.165) is 38.7 Å². The van der Waals surface area contributed by atoms with Gasteiger partial charge in [-0.2, -0.15) is 0 Å². The normalized spacial score (nSPS) is 20.7. The van der Waals surface area contributed by atoms with Crippen LogP contribution in [0.25, 0.3) is 0 Å². The molecule has 0 spiro atoms. The molecule has 3 heterocycles. The summed E-state index contributed by atoms with van der Waals surface area (Å²) < 4.78 is 0. The van der Waals surface area contributed by atoms with Crippen molar-refractivity contribution < 1.29 is 0 Å². The van der Waals surface area contributed by atoms with Gasteiger partial charge < -0.3 is 15.5 Å². The third-order valence-corrected chi connectivity index (χ3v) is 6.95. The van der Waals surface area contributed by atoms with E-state index in [2.05, 4.69) is 37.3 Å². The topological polar surface area (TPSA) is 70.6 Å². The van der Waals surface area contributed by atoms with Crippen LogP contribution >= 0.6 is 11.3 Å². The molecule has 1 saturated heterocycles. The zero-order valence-corrected chi connectivity index (χ0v) is 16.6. The Kier molecular flexibility index (Phi) is 5.57. The van der Waals surface area contributed by atoms with E-state index in [1.165, 1.54) is 37.0 Å². The van der Waals surface area contributed by atoms with E-state index in [0.29, 0.717) is 5.96 Å². The minimum absolute atomic E-state index is 0.191. The fourth-order valence-corrected chi connectivity index (χ4v) is 5.19. The van der Waals surface area contributed by atoms with Gasteiger partial charge in [0.15, 0.2) is 5.96 Å². The van der Waals surface area contributed by atoms with Crippen molar-refractivity contribution in [3.05, 3.63) is 40.8 Å². The average Bonchev–Trinajstić information content (AvgIpc) is 3.29. The van der Waals surface area contributed by atoms with Crippen molar-refractivity contribution in [1.29, 1.82) is 0 Å². The predicted octanol–water partition coefficient (Wildman–Crippen LogP) is 2.88. The maximum absolute atomic E-state index is 6.39. The summed E-state index contributed by atoms with van der Waals surface area (Å²) in [5.74, 6) is 1.48. The van der Waals surface area contributed by atoms with Crippen molar-refractivity contribution in [2.75, 3.05) is 37.6 Å². The smallest absolute Gasteiger partial charge is 0.225 e. The van der Waals surface area contributed by atoms with E-state index >= 15 is 0 Å². The Morgan fingerprint density at radius 2 is 1.81 bits per heavy atom. The summed E-state index contributed by atoms with van der Waals surface area (Å²) in [7, 11) is 0. The Labute approximate surface area is 165 Å². The van der Waals surface area contributed by atoms with E-state index < -0.39 is 0 Å². The minimum atomic E-state index is 0.191. The van der Waals surface area contributed by atoms with Gasteiger partial charge in [0, 0.05) is 48.9 Å². The van der Waals surface area contributed by atoms with Gasteiger partial charge in [0.2, 0.25) is 5.95 Å². The number of hydrogen-bond acceptors (Lipinski definition) is 5. The van der Waals surface area contributed by atoms with Gasteiger partial charge in [-0.25, -0.2) is 9.97 Å². The van der Waals surface area contributed by atoms with Gasteiger partial charge in [0.25, 0.3) is 0 Å². The summed E-state index contributed by atoms with van der Waals surface area (Å²) in [5, 5.41) is 2.18. The molecule has 2 N–H and O–H groups in total. The third kappa shape index (κ3) is 4.08. The summed E-state index contributed by atoms with van der Waals surface area (Å²) >= 11 is 1.87. The molecule has 0 aromatic carbocycles. The third-order valence-electron chi connectivity index (χ3n) is 5.84. The molecule has 0 unspecified atom stereocenters. The highest BCUT2D eigenvalue weighted by atomic mass is 32.1. The van der Waals surface area contributed by atoms with Crippen molar-refractivity contribution in [3.8, 4) is 0 Å². The lowest BCUT2D eigenvalue weighted by atomic mass is 9.73. The summed E-state index contributed by atoms with van der Waals surface area (Å²) in [4.78, 5) is 19.4. The van der Waals surface area contributed by atoms with Gasteiger partial charge >= 0.3 is 0 Å². The molecule has 4 rings (SSSR count). The Morgan fingerprint density at radius 3 is 2.48 bits per heavy atom. The fraction of sp³-hybridized carbons (Fsp3) is 0.550. The minimum Gasteiger partial charge on any atom is -0.370 e. The van der Waals surface area contributed by atoms with E-state index in [4.69, 9.17) is 10.7 Å². The van der Waals surface area contributed by atoms with Crippen LogP contribution < -0.4 is 10.6 Å². The number of aromatic nitrogens is 2. The first-order chi connectivity index (χ1) is 13.3. The van der Waals surface area contributed by atoms with Gasteiger partial charge in [0.05, 0.1) is 6.54 Å². The molecule has 0 atom stereocenters. The first-order valence-electron chi connectivity index (χ1n) is 9.88. The van der Waals surface area contributed by atoms with Crippen LogP contribution in [-0.2, 0) is 5.41 Å². The number of thiophene rings is 1. The molecule has 27 heavy (non-hydrogen) atoms. The second kappa shape index (κ2) is 8.25. The first-order valence-corrected chi connectivity index (χ1v) is 10.8. The Balaban J connectivity index is 1.39. The summed E-state index contributed by atoms with van der Waals surface area (Å²) in [6.07, 6.45) is 9.96. The van der Waals surface area contributed by atoms with E-state index in [-0.39, 0.29) is 5.41 Å². The molecule has 6 nitrogen and oxygen atoms in total. The number of guanidine groups is 1. The Morgan fingerprint density at radius 1 is 1.07 bits per heavy atom. The maximum Gasteiger partial charge on any atom is 0.225 e. The van der Waals surface area contributed by atoms with Gasteiger partial charge in [-0.1, -0.05) is 25.3 Å². The van der Waals surface area contributed by atoms with Crippen LogP contribution in [0.5, 0.6) is 0 Å². The second-order valence-corrected chi connectivity index (χ2v) is 8.46. The predicted molar refractivity (Wildman–Crippen MR) is 111 cm³/mol. The van der Waals surface area contributed by atoms with Crippen LogP contribution in [0, 0.1) is 0 Å². The number of anilines is 1. The van der Waals surface area contributed by atoms with Crippen molar-refractivity contribution >= 4 is 23.2 Å². The largest absolute Gasteiger partial charge is 0.370 e. The molecular weight excluding hydrogens is 356 g/mol. The number of nitrogens with zero attached hydrogens (tertiary/aromatic N) is 5. The van der Waals surface area contributed by atoms with Crippen molar-refractivity contribution in [2.24, 2.45) is 10.7 Å². The highest BCUT2D eigenvalue weighted by molar-refractivity contribution is 7.10. The van der Waals surface area contributed by atoms with Gasteiger partial charge in [-0.05, 0) is 30.4 Å². The molecule has 1 saturated carbocycles. The molecule has 7 heteroatoms. The van der Waals surface area contributed by atoms with Gasteiger partial charge in [-0.15, -0.1) is 11.3 Å². The molecule has 0 amide bonds. The number of aliphatic imine (C=N–C) groups is 1. The van der Waals surface area contributed by atoms with Crippen LogP contribution in [0.3, 0.4) is 0 Å². The monoisotopic (exact) mass is 384 g/mol. The van der Waals surface area contributed by atoms with E-state index in [1.807, 2.05) is 17.4 Å². The lowest BCUT2D eigenvalue weighted by Gasteiger charge is -2.37. The molecular formula is C20H28N6S. The van der Waals surface area contributed by atoms with Crippen LogP contribution in [0.1, 0.15) is 37.0 Å². The van der Waals surface area contributed by atoms with Gasteiger partial charge in [-0.3, -0.25) is 4.99 Å². The molecule has 1 aliphatic carbocycles. The average molecular weight is 385 g/mol. The Hall–Kier alpha value is -2.15. The fourth-order valence-electron chi connectivity index (χ4n) is 4.21. The summed E-state index contributed by atoms with van der Waals surface area (Å²) in [6.45, 7) is 4.27. The molecule has 0 bridgehead atoms. The number of hydrogen-bond donors (Lipinski definition) is 1. The first kappa shape index (κ1) is 18.2. The van der Waals surface area contributed by atoms with Crippen LogP contribution in [-0.4, -0.2) is 53.6 Å². The molecule has 2 aromatic heterocycles. The number of nitrogens with two attached hydrogens (primary N) is 1. The summed E-state index contributed by atoms with van der Waals surface area (Å²) in [6, 6.07) is 6.29. The van der Waals surface area contributed by atoms with Crippen molar-refractivity contribution in [1.82, 2.24) is 14.9 Å². The summed E-state index contributed by atoms with van der Waals surface area (Å²) in [5.41, 5.74) is 6.58. The van der Waals surface area contributed by atoms with Gasteiger partial charge in [0.1, 0.15) is 0 Å². The lowest BCUT2D eigenvalue weighted by molar-refractivity contribution is 0.304. The van der Waals surface area contributed by atoms with Crippen LogP contribution in [0.2, 0.25) is 0 Å². The molecule has 2 aromatic rings. The second-order valence-electron chi connectivity index (χ2n) is 7.52. The molecule has 144 valence electrons. The molecule has 2 fully saturated rings. The molecule has 2 aliphatic rings. The quantitative estimate of drug-likeness (QED) is 0.648. The zero-order chi connectivity index (χ0) is 18.5. The number of piperazine rings is 1. The SMILES string of the molecule is NC(=NCC1(c2cccs2)CCCCC1)N1CCN(c2ncccn2)CC1. The lowest BCUT2D eigenvalue weighted by Crippen LogP contribution is -2.52. The molecule has 1 aliphatic heterocycles. The van der Waals surface area contributed by atoms with Crippen molar-refractivity contribution in [2.45, 2.75) is 37.5 Å². The van der Waals surface area contributed by atoms with Crippen LogP contribution in [0.4, 0.5) is 5.95 Å².